The monoisotopic (exact) mass is 375 g/mol. The fraction of sp³-hybridized carbons (Fsp3) is 0.278. The molecule has 1 heterocycles. The third-order valence-electron chi connectivity index (χ3n) is 4.10. The van der Waals surface area contributed by atoms with Crippen LogP contribution in [-0.2, 0) is 24.4 Å². The Balaban J connectivity index is 1.47. The zero-order chi connectivity index (χ0) is 18.5. The van der Waals surface area contributed by atoms with Crippen molar-refractivity contribution in [1.29, 1.82) is 0 Å². The van der Waals surface area contributed by atoms with E-state index in [4.69, 9.17) is 16.3 Å². The summed E-state index contributed by atoms with van der Waals surface area (Å²) in [6.07, 6.45) is 0.103. The summed E-state index contributed by atoms with van der Waals surface area (Å²) in [6, 6.07) is 10.3. The van der Waals surface area contributed by atoms with Gasteiger partial charge in [0.1, 0.15) is 0 Å². The van der Waals surface area contributed by atoms with E-state index in [2.05, 4.69) is 22.8 Å². The van der Waals surface area contributed by atoms with Crippen LogP contribution in [0.2, 0.25) is 5.02 Å². The SMILES string of the molecule is O=C(CCOc1ccc(Cl)cc1[N+](=O)[O-])NCc1ccc2c(c1)CNC2. The Kier molecular flexibility index (Phi) is 5.70. The molecule has 7 nitrogen and oxygen atoms in total. The molecule has 0 bridgehead atoms. The van der Waals surface area contributed by atoms with E-state index >= 15 is 0 Å². The number of nitrogens with zero attached hydrogens (tertiary/aromatic N) is 1. The van der Waals surface area contributed by atoms with Gasteiger partial charge in [-0.15, -0.1) is 0 Å². The molecule has 8 heteroatoms. The Hall–Kier alpha value is -2.64. The van der Waals surface area contributed by atoms with Crippen LogP contribution in [0.4, 0.5) is 5.69 Å². The minimum atomic E-state index is -0.565. The third kappa shape index (κ3) is 4.50. The van der Waals surface area contributed by atoms with Crippen molar-refractivity contribution < 1.29 is 14.5 Å². The number of rotatable bonds is 7. The molecule has 2 aromatic rings. The fourth-order valence-corrected chi connectivity index (χ4v) is 2.92. The zero-order valence-electron chi connectivity index (χ0n) is 14.0. The number of ether oxygens (including phenoxy) is 1. The fourth-order valence-electron chi connectivity index (χ4n) is 2.76. The van der Waals surface area contributed by atoms with Crippen LogP contribution in [0.25, 0.3) is 0 Å². The number of hydrogen-bond donors (Lipinski definition) is 2. The van der Waals surface area contributed by atoms with Crippen molar-refractivity contribution in [1.82, 2.24) is 10.6 Å². The molecule has 1 aliphatic heterocycles. The van der Waals surface area contributed by atoms with E-state index in [1.54, 1.807) is 0 Å². The average molecular weight is 376 g/mol. The van der Waals surface area contributed by atoms with E-state index in [9.17, 15) is 14.9 Å². The van der Waals surface area contributed by atoms with E-state index in [0.717, 1.165) is 18.7 Å². The van der Waals surface area contributed by atoms with Crippen LogP contribution < -0.4 is 15.4 Å². The first-order valence-corrected chi connectivity index (χ1v) is 8.55. The smallest absolute Gasteiger partial charge is 0.312 e. The Labute approximate surface area is 155 Å². The van der Waals surface area contributed by atoms with Crippen LogP contribution in [0.5, 0.6) is 5.75 Å². The molecule has 1 amide bonds. The minimum Gasteiger partial charge on any atom is -0.486 e. The van der Waals surface area contributed by atoms with Gasteiger partial charge in [-0.2, -0.15) is 0 Å². The number of fused-ring (bicyclic) bond motifs is 1. The number of carbonyl (C=O) groups excluding carboxylic acids is 1. The lowest BCUT2D eigenvalue weighted by molar-refractivity contribution is -0.385. The number of nitro benzene ring substituents is 1. The van der Waals surface area contributed by atoms with Crippen molar-refractivity contribution in [2.75, 3.05) is 6.61 Å². The van der Waals surface area contributed by atoms with Gasteiger partial charge in [-0.3, -0.25) is 14.9 Å². The number of halogens is 1. The third-order valence-corrected chi connectivity index (χ3v) is 4.33. The number of carbonyl (C=O) groups is 1. The summed E-state index contributed by atoms with van der Waals surface area (Å²) in [5.41, 5.74) is 3.37. The van der Waals surface area contributed by atoms with Gasteiger partial charge >= 0.3 is 5.69 Å². The maximum atomic E-state index is 12.0. The molecule has 0 radical (unpaired) electrons. The second-order valence-electron chi connectivity index (χ2n) is 5.95. The van der Waals surface area contributed by atoms with E-state index in [0.29, 0.717) is 6.54 Å². The van der Waals surface area contributed by atoms with Crippen LogP contribution in [0.3, 0.4) is 0 Å². The van der Waals surface area contributed by atoms with E-state index < -0.39 is 4.92 Å². The van der Waals surface area contributed by atoms with Crippen molar-refractivity contribution in [2.24, 2.45) is 0 Å². The van der Waals surface area contributed by atoms with E-state index in [1.165, 1.54) is 29.3 Å². The van der Waals surface area contributed by atoms with Gasteiger partial charge in [0.15, 0.2) is 5.75 Å². The molecule has 26 heavy (non-hydrogen) atoms. The lowest BCUT2D eigenvalue weighted by Crippen LogP contribution is -2.24. The van der Waals surface area contributed by atoms with Gasteiger partial charge in [0.05, 0.1) is 18.0 Å². The predicted octanol–water partition coefficient (Wildman–Crippen LogP) is 2.94. The molecule has 2 N–H and O–H groups in total. The normalized spacial score (nSPS) is 12.5. The highest BCUT2D eigenvalue weighted by atomic mass is 35.5. The Morgan fingerprint density at radius 1 is 1.23 bits per heavy atom. The summed E-state index contributed by atoms with van der Waals surface area (Å²) in [6.45, 7) is 2.22. The summed E-state index contributed by atoms with van der Waals surface area (Å²) in [4.78, 5) is 22.4. The molecule has 0 fully saturated rings. The first kappa shape index (κ1) is 18.2. The summed E-state index contributed by atoms with van der Waals surface area (Å²) >= 11 is 5.75. The summed E-state index contributed by atoms with van der Waals surface area (Å²) < 4.78 is 5.37. The summed E-state index contributed by atoms with van der Waals surface area (Å²) in [5, 5.41) is 17.4. The van der Waals surface area contributed by atoms with Crippen LogP contribution in [-0.4, -0.2) is 17.4 Å². The lowest BCUT2D eigenvalue weighted by Gasteiger charge is -2.09. The van der Waals surface area contributed by atoms with Crippen LogP contribution in [0.1, 0.15) is 23.1 Å². The van der Waals surface area contributed by atoms with Gasteiger partial charge in [-0.05, 0) is 28.8 Å². The second kappa shape index (κ2) is 8.16. The van der Waals surface area contributed by atoms with Crippen molar-refractivity contribution in [3.05, 3.63) is 68.2 Å². The molecule has 0 saturated heterocycles. The number of nitrogens with one attached hydrogen (secondary N) is 2. The second-order valence-corrected chi connectivity index (χ2v) is 6.39. The van der Waals surface area contributed by atoms with Gasteiger partial charge < -0.3 is 15.4 Å². The van der Waals surface area contributed by atoms with Gasteiger partial charge in [0.25, 0.3) is 0 Å². The van der Waals surface area contributed by atoms with Crippen molar-refractivity contribution in [2.45, 2.75) is 26.1 Å². The number of nitro groups is 1. The average Bonchev–Trinajstić information content (AvgIpc) is 3.08. The molecule has 136 valence electrons. The summed E-state index contributed by atoms with van der Waals surface area (Å²) in [5.74, 6) is -0.0847. The number of amides is 1. The lowest BCUT2D eigenvalue weighted by atomic mass is 10.1. The van der Waals surface area contributed by atoms with Crippen molar-refractivity contribution in [3.63, 3.8) is 0 Å². The highest BCUT2D eigenvalue weighted by Gasteiger charge is 2.16. The Morgan fingerprint density at radius 3 is 2.85 bits per heavy atom. The van der Waals surface area contributed by atoms with Gasteiger partial charge in [0.2, 0.25) is 5.91 Å². The molecule has 0 atom stereocenters. The minimum absolute atomic E-state index is 0.0441. The molecule has 2 aromatic carbocycles. The van der Waals surface area contributed by atoms with Crippen molar-refractivity contribution >= 4 is 23.2 Å². The highest BCUT2D eigenvalue weighted by Crippen LogP contribution is 2.29. The van der Waals surface area contributed by atoms with Gasteiger partial charge in [0, 0.05) is 30.7 Å². The summed E-state index contributed by atoms with van der Waals surface area (Å²) in [7, 11) is 0. The van der Waals surface area contributed by atoms with Crippen molar-refractivity contribution in [3.8, 4) is 5.75 Å². The molecule has 0 aromatic heterocycles. The molecular weight excluding hydrogens is 358 g/mol. The number of hydrogen-bond acceptors (Lipinski definition) is 5. The van der Waals surface area contributed by atoms with E-state index in [1.807, 2.05) is 6.07 Å². The van der Waals surface area contributed by atoms with E-state index in [-0.39, 0.29) is 35.4 Å². The quantitative estimate of drug-likeness (QED) is 0.573. The Bertz CT molecular complexity index is 841. The molecule has 0 unspecified atom stereocenters. The first-order valence-electron chi connectivity index (χ1n) is 8.18. The maximum Gasteiger partial charge on any atom is 0.312 e. The molecule has 3 rings (SSSR count). The molecule has 0 saturated carbocycles. The molecule has 1 aliphatic rings. The largest absolute Gasteiger partial charge is 0.486 e. The van der Waals surface area contributed by atoms with Crippen LogP contribution in [0.15, 0.2) is 36.4 Å². The number of benzene rings is 2. The predicted molar refractivity (Wildman–Crippen MR) is 97.1 cm³/mol. The van der Waals surface area contributed by atoms with Crippen LogP contribution in [0, 0.1) is 10.1 Å². The Morgan fingerprint density at radius 2 is 2.04 bits per heavy atom. The highest BCUT2D eigenvalue weighted by molar-refractivity contribution is 6.30. The first-order chi connectivity index (χ1) is 12.5. The standard InChI is InChI=1S/C18H18ClN3O4/c19-15-3-4-17(16(8-15)22(24)25)26-6-5-18(23)21-9-12-1-2-13-10-20-11-14(13)7-12/h1-4,7-8,20H,5-6,9-11H2,(H,21,23). The maximum absolute atomic E-state index is 12.0. The van der Waals surface area contributed by atoms with Crippen LogP contribution >= 0.6 is 11.6 Å². The van der Waals surface area contributed by atoms with Gasteiger partial charge in [-0.1, -0.05) is 29.8 Å². The zero-order valence-corrected chi connectivity index (χ0v) is 14.7. The van der Waals surface area contributed by atoms with Gasteiger partial charge in [-0.25, -0.2) is 0 Å². The molecule has 0 aliphatic carbocycles. The topological polar surface area (TPSA) is 93.5 Å². The molecule has 0 spiro atoms. The molecular formula is C18H18ClN3O4.